The maximum Gasteiger partial charge on any atom is -0.0174 e. The third-order valence-electron chi connectivity index (χ3n) is 3.05. The standard InChI is InChI=1S/C14H24/c1-11(2)10-14(12(3)4)13-8-6-5-7-9-13/h5-6,8,11-12,14H,7,9-10H2,1-4H3. The van der Waals surface area contributed by atoms with Gasteiger partial charge in [0, 0.05) is 0 Å². The highest BCUT2D eigenvalue weighted by Crippen LogP contribution is 2.31. The zero-order valence-electron chi connectivity index (χ0n) is 10.1. The summed E-state index contributed by atoms with van der Waals surface area (Å²) in [5.41, 5.74) is 1.68. The second-order valence-corrected chi connectivity index (χ2v) is 5.19. The van der Waals surface area contributed by atoms with Crippen LogP contribution in [0.3, 0.4) is 0 Å². The van der Waals surface area contributed by atoms with Crippen LogP contribution in [0.2, 0.25) is 0 Å². The van der Waals surface area contributed by atoms with Crippen LogP contribution in [0.25, 0.3) is 0 Å². The minimum absolute atomic E-state index is 0.787. The van der Waals surface area contributed by atoms with E-state index in [0.29, 0.717) is 0 Å². The summed E-state index contributed by atoms with van der Waals surface area (Å²) in [4.78, 5) is 0. The van der Waals surface area contributed by atoms with Gasteiger partial charge < -0.3 is 0 Å². The summed E-state index contributed by atoms with van der Waals surface area (Å²) in [7, 11) is 0. The molecule has 0 aromatic heterocycles. The lowest BCUT2D eigenvalue weighted by Gasteiger charge is -2.26. The van der Waals surface area contributed by atoms with Gasteiger partial charge in [-0.3, -0.25) is 0 Å². The molecule has 80 valence electrons. The van der Waals surface area contributed by atoms with Gasteiger partial charge in [0.05, 0.1) is 0 Å². The van der Waals surface area contributed by atoms with Crippen molar-refractivity contribution in [2.24, 2.45) is 17.8 Å². The monoisotopic (exact) mass is 192 g/mol. The summed E-state index contributed by atoms with van der Waals surface area (Å²) >= 11 is 0. The Morgan fingerprint density at radius 1 is 1.21 bits per heavy atom. The fraction of sp³-hybridized carbons (Fsp3) is 0.714. The smallest absolute Gasteiger partial charge is 0.0174 e. The Kier molecular flexibility index (Phi) is 4.44. The van der Waals surface area contributed by atoms with Crippen LogP contribution in [0.1, 0.15) is 47.0 Å². The van der Waals surface area contributed by atoms with Crippen molar-refractivity contribution >= 4 is 0 Å². The van der Waals surface area contributed by atoms with Gasteiger partial charge in [0.2, 0.25) is 0 Å². The summed E-state index contributed by atoms with van der Waals surface area (Å²) in [5.74, 6) is 2.41. The molecule has 1 rings (SSSR count). The van der Waals surface area contributed by atoms with E-state index < -0.39 is 0 Å². The van der Waals surface area contributed by atoms with Gasteiger partial charge in [-0.1, -0.05) is 51.5 Å². The molecule has 0 aromatic carbocycles. The topological polar surface area (TPSA) is 0 Å². The van der Waals surface area contributed by atoms with Crippen LogP contribution < -0.4 is 0 Å². The van der Waals surface area contributed by atoms with Gasteiger partial charge in [-0.25, -0.2) is 0 Å². The van der Waals surface area contributed by atoms with Crippen molar-refractivity contribution in [1.29, 1.82) is 0 Å². The molecule has 0 aromatic rings. The molecule has 0 fully saturated rings. The normalized spacial score (nSPS) is 18.9. The lowest BCUT2D eigenvalue weighted by atomic mass is 9.79. The average Bonchev–Trinajstić information content (AvgIpc) is 2.15. The molecule has 0 aliphatic heterocycles. The number of rotatable bonds is 4. The average molecular weight is 192 g/mol. The molecule has 0 saturated heterocycles. The molecular formula is C14H24. The molecule has 1 aliphatic rings. The molecule has 0 heteroatoms. The Morgan fingerprint density at radius 2 is 1.93 bits per heavy atom. The summed E-state index contributed by atoms with van der Waals surface area (Å²) in [6, 6.07) is 0. The lowest BCUT2D eigenvalue weighted by molar-refractivity contribution is 0.355. The molecule has 0 saturated carbocycles. The van der Waals surface area contributed by atoms with Crippen molar-refractivity contribution in [3.05, 3.63) is 23.8 Å². The summed E-state index contributed by atoms with van der Waals surface area (Å²) in [6.07, 6.45) is 10.7. The first-order valence-electron chi connectivity index (χ1n) is 5.97. The predicted molar refractivity (Wildman–Crippen MR) is 64.2 cm³/mol. The molecule has 0 N–H and O–H groups in total. The molecule has 0 bridgehead atoms. The molecule has 1 atom stereocenters. The van der Waals surface area contributed by atoms with E-state index in [0.717, 1.165) is 17.8 Å². The summed E-state index contributed by atoms with van der Waals surface area (Å²) in [5, 5.41) is 0. The molecule has 0 heterocycles. The first kappa shape index (κ1) is 11.6. The van der Waals surface area contributed by atoms with Crippen LogP contribution in [0, 0.1) is 17.8 Å². The minimum atomic E-state index is 0.787. The van der Waals surface area contributed by atoms with E-state index in [1.165, 1.54) is 19.3 Å². The highest BCUT2D eigenvalue weighted by molar-refractivity contribution is 5.20. The van der Waals surface area contributed by atoms with E-state index in [4.69, 9.17) is 0 Å². The summed E-state index contributed by atoms with van der Waals surface area (Å²) < 4.78 is 0. The van der Waals surface area contributed by atoms with Crippen LogP contribution >= 0.6 is 0 Å². The van der Waals surface area contributed by atoms with E-state index in [2.05, 4.69) is 45.9 Å². The molecule has 0 amide bonds. The van der Waals surface area contributed by atoms with Crippen molar-refractivity contribution in [3.8, 4) is 0 Å². The predicted octanol–water partition coefficient (Wildman–Crippen LogP) is 4.58. The quantitative estimate of drug-likeness (QED) is 0.611. The molecule has 0 spiro atoms. The minimum Gasteiger partial charge on any atom is -0.0842 e. The van der Waals surface area contributed by atoms with Crippen LogP contribution in [-0.4, -0.2) is 0 Å². The van der Waals surface area contributed by atoms with Crippen molar-refractivity contribution < 1.29 is 0 Å². The fourth-order valence-corrected chi connectivity index (χ4v) is 2.29. The van der Waals surface area contributed by atoms with Crippen molar-refractivity contribution in [2.75, 3.05) is 0 Å². The number of allylic oxidation sites excluding steroid dienone is 4. The second-order valence-electron chi connectivity index (χ2n) is 5.19. The second kappa shape index (κ2) is 5.38. The Balaban J connectivity index is 2.66. The van der Waals surface area contributed by atoms with E-state index in [1.54, 1.807) is 5.57 Å². The maximum absolute atomic E-state index is 2.35. The SMILES string of the molecule is CC(C)CC(C1=CC=CCC1)C(C)C. The highest BCUT2D eigenvalue weighted by atomic mass is 14.2. The van der Waals surface area contributed by atoms with Crippen LogP contribution in [0.4, 0.5) is 0 Å². The van der Waals surface area contributed by atoms with Gasteiger partial charge in [-0.15, -0.1) is 0 Å². The Labute approximate surface area is 89.1 Å². The molecule has 0 nitrogen and oxygen atoms in total. The summed E-state index contributed by atoms with van der Waals surface area (Å²) in [6.45, 7) is 9.36. The zero-order chi connectivity index (χ0) is 10.6. The first-order valence-corrected chi connectivity index (χ1v) is 5.97. The van der Waals surface area contributed by atoms with Crippen LogP contribution in [-0.2, 0) is 0 Å². The third kappa shape index (κ3) is 3.32. The van der Waals surface area contributed by atoms with Gasteiger partial charge in [0.15, 0.2) is 0 Å². The first-order chi connectivity index (χ1) is 6.61. The van der Waals surface area contributed by atoms with Gasteiger partial charge in [-0.05, 0) is 37.0 Å². The van der Waals surface area contributed by atoms with E-state index in [9.17, 15) is 0 Å². The number of hydrogen-bond acceptors (Lipinski definition) is 0. The molecule has 0 radical (unpaired) electrons. The van der Waals surface area contributed by atoms with Gasteiger partial charge in [0.25, 0.3) is 0 Å². The largest absolute Gasteiger partial charge is 0.0842 e. The Morgan fingerprint density at radius 3 is 2.36 bits per heavy atom. The van der Waals surface area contributed by atoms with Crippen molar-refractivity contribution in [3.63, 3.8) is 0 Å². The van der Waals surface area contributed by atoms with Crippen molar-refractivity contribution in [1.82, 2.24) is 0 Å². The fourth-order valence-electron chi connectivity index (χ4n) is 2.29. The molecular weight excluding hydrogens is 168 g/mol. The third-order valence-corrected chi connectivity index (χ3v) is 3.05. The lowest BCUT2D eigenvalue weighted by Crippen LogP contribution is -2.15. The number of hydrogen-bond donors (Lipinski definition) is 0. The molecule has 1 aliphatic carbocycles. The zero-order valence-corrected chi connectivity index (χ0v) is 10.1. The van der Waals surface area contributed by atoms with E-state index in [-0.39, 0.29) is 0 Å². The molecule has 14 heavy (non-hydrogen) atoms. The van der Waals surface area contributed by atoms with E-state index in [1.807, 2.05) is 0 Å². The van der Waals surface area contributed by atoms with Crippen LogP contribution in [0.5, 0.6) is 0 Å². The highest BCUT2D eigenvalue weighted by Gasteiger charge is 2.19. The van der Waals surface area contributed by atoms with Crippen LogP contribution in [0.15, 0.2) is 23.8 Å². The van der Waals surface area contributed by atoms with Gasteiger partial charge >= 0.3 is 0 Å². The van der Waals surface area contributed by atoms with Gasteiger partial charge in [0.1, 0.15) is 0 Å². The van der Waals surface area contributed by atoms with Crippen molar-refractivity contribution in [2.45, 2.75) is 47.0 Å². The van der Waals surface area contributed by atoms with E-state index >= 15 is 0 Å². The Hall–Kier alpha value is -0.520. The molecule has 1 unspecified atom stereocenters. The maximum atomic E-state index is 2.35. The van der Waals surface area contributed by atoms with Gasteiger partial charge in [-0.2, -0.15) is 0 Å². The Bertz CT molecular complexity index is 218.